The van der Waals surface area contributed by atoms with Crippen LogP contribution in [-0.4, -0.2) is 41.8 Å². The van der Waals surface area contributed by atoms with Gasteiger partial charge in [0.1, 0.15) is 5.82 Å². The summed E-state index contributed by atoms with van der Waals surface area (Å²) >= 11 is 0. The molecule has 3 amide bonds. The van der Waals surface area contributed by atoms with E-state index in [0.717, 1.165) is 4.90 Å². The third-order valence-corrected chi connectivity index (χ3v) is 5.24. The molecule has 1 atom stereocenters. The van der Waals surface area contributed by atoms with Crippen LogP contribution in [0, 0.1) is 0 Å². The number of nitrogens with one attached hydrogen (secondary N) is 1. The molecule has 0 spiro atoms. The minimum atomic E-state index is -0.856. The Morgan fingerprint density at radius 1 is 0.938 bits per heavy atom. The number of nitrogens with zero attached hydrogens (tertiary/aromatic N) is 2. The average Bonchev–Trinajstić information content (AvgIpc) is 3.08. The van der Waals surface area contributed by atoms with Crippen LogP contribution in [0.5, 0.6) is 11.5 Å². The molecule has 2 heterocycles. The summed E-state index contributed by atoms with van der Waals surface area (Å²) in [5, 5.41) is 2.71. The Labute approximate surface area is 184 Å². The van der Waals surface area contributed by atoms with Crippen LogP contribution in [0.25, 0.3) is 0 Å². The standard InChI is InChI=1S/C24H21N3O5/c1-31-19-11-10-15(13-20(19)32-2)18(14-22(28)26-21-9-5-6-12-25-21)27-23(29)16-7-3-4-8-17(16)24(27)30/h3-13,18H,14H2,1-2H3,(H,25,26,28). The van der Waals surface area contributed by atoms with E-state index in [0.29, 0.717) is 34.0 Å². The second-order valence-corrected chi connectivity index (χ2v) is 7.12. The summed E-state index contributed by atoms with van der Waals surface area (Å²) in [6, 6.07) is 16.0. The van der Waals surface area contributed by atoms with E-state index in [4.69, 9.17) is 9.47 Å². The second-order valence-electron chi connectivity index (χ2n) is 7.12. The van der Waals surface area contributed by atoms with E-state index in [1.54, 1.807) is 66.9 Å². The minimum Gasteiger partial charge on any atom is -0.493 e. The van der Waals surface area contributed by atoms with Gasteiger partial charge < -0.3 is 14.8 Å². The molecule has 8 heteroatoms. The lowest BCUT2D eigenvalue weighted by atomic mass is 10.0. The van der Waals surface area contributed by atoms with Gasteiger partial charge in [0.15, 0.2) is 11.5 Å². The fraction of sp³-hybridized carbons (Fsp3) is 0.167. The first-order valence-electron chi connectivity index (χ1n) is 9.93. The first-order valence-corrected chi connectivity index (χ1v) is 9.93. The highest BCUT2D eigenvalue weighted by Gasteiger charge is 2.41. The lowest BCUT2D eigenvalue weighted by Gasteiger charge is -2.27. The number of hydrogen-bond acceptors (Lipinski definition) is 6. The lowest BCUT2D eigenvalue weighted by molar-refractivity contribution is -0.117. The molecule has 8 nitrogen and oxygen atoms in total. The van der Waals surface area contributed by atoms with E-state index in [2.05, 4.69) is 10.3 Å². The molecular weight excluding hydrogens is 410 g/mol. The number of benzene rings is 2. The van der Waals surface area contributed by atoms with Gasteiger partial charge in [0.05, 0.1) is 37.8 Å². The number of carbonyl (C=O) groups is 3. The van der Waals surface area contributed by atoms with Gasteiger partial charge >= 0.3 is 0 Å². The molecule has 1 aliphatic rings. The highest BCUT2D eigenvalue weighted by molar-refractivity contribution is 6.21. The molecule has 32 heavy (non-hydrogen) atoms. The lowest BCUT2D eigenvalue weighted by Crippen LogP contribution is -2.36. The van der Waals surface area contributed by atoms with E-state index in [-0.39, 0.29) is 12.3 Å². The number of ether oxygens (including phenoxy) is 2. The number of pyridine rings is 1. The summed E-state index contributed by atoms with van der Waals surface area (Å²) in [4.78, 5) is 44.4. The van der Waals surface area contributed by atoms with Crippen LogP contribution in [-0.2, 0) is 4.79 Å². The van der Waals surface area contributed by atoms with Crippen molar-refractivity contribution in [3.05, 3.63) is 83.6 Å². The summed E-state index contributed by atoms with van der Waals surface area (Å²) < 4.78 is 10.7. The molecule has 1 N–H and O–H groups in total. The van der Waals surface area contributed by atoms with E-state index in [1.165, 1.54) is 14.2 Å². The number of hydrogen-bond donors (Lipinski definition) is 1. The highest BCUT2D eigenvalue weighted by atomic mass is 16.5. The Hall–Kier alpha value is -4.20. The number of fused-ring (bicyclic) bond motifs is 1. The SMILES string of the molecule is COc1ccc(C(CC(=O)Nc2ccccn2)N2C(=O)c3ccccc3C2=O)cc1OC. The zero-order chi connectivity index (χ0) is 22.7. The van der Waals surface area contributed by atoms with Crippen LogP contribution >= 0.6 is 0 Å². The van der Waals surface area contributed by atoms with E-state index in [1.807, 2.05) is 0 Å². The van der Waals surface area contributed by atoms with Gasteiger partial charge in [0, 0.05) is 6.20 Å². The van der Waals surface area contributed by atoms with Crippen LogP contribution in [0.4, 0.5) is 5.82 Å². The number of aromatic nitrogens is 1. The molecule has 162 valence electrons. The van der Waals surface area contributed by atoms with Crippen molar-refractivity contribution >= 4 is 23.5 Å². The minimum absolute atomic E-state index is 0.155. The van der Waals surface area contributed by atoms with Gasteiger partial charge in [-0.05, 0) is 42.0 Å². The molecule has 3 aromatic rings. The largest absolute Gasteiger partial charge is 0.493 e. The summed E-state index contributed by atoms with van der Waals surface area (Å²) in [6.45, 7) is 0. The zero-order valence-electron chi connectivity index (χ0n) is 17.6. The van der Waals surface area contributed by atoms with E-state index < -0.39 is 17.9 Å². The van der Waals surface area contributed by atoms with Crippen molar-refractivity contribution in [2.75, 3.05) is 19.5 Å². The molecule has 0 bridgehead atoms. The number of rotatable bonds is 7. The molecule has 4 rings (SSSR count). The predicted molar refractivity (Wildman–Crippen MR) is 117 cm³/mol. The Kier molecular flexibility index (Phi) is 5.85. The molecular formula is C24H21N3O5. The summed E-state index contributed by atoms with van der Waals surface area (Å²) in [5.74, 6) is 0.0186. The van der Waals surface area contributed by atoms with Crippen molar-refractivity contribution in [1.82, 2.24) is 9.88 Å². The predicted octanol–water partition coefficient (Wildman–Crippen LogP) is 3.46. The van der Waals surface area contributed by atoms with Gasteiger partial charge in [-0.2, -0.15) is 0 Å². The number of methoxy groups -OCH3 is 2. The molecule has 0 aliphatic carbocycles. The van der Waals surface area contributed by atoms with Crippen LogP contribution in [0.2, 0.25) is 0 Å². The van der Waals surface area contributed by atoms with Crippen molar-refractivity contribution in [1.29, 1.82) is 0 Å². The highest BCUT2D eigenvalue weighted by Crippen LogP contribution is 2.37. The Morgan fingerprint density at radius 3 is 2.19 bits per heavy atom. The molecule has 1 aliphatic heterocycles. The van der Waals surface area contributed by atoms with Gasteiger partial charge in [-0.1, -0.05) is 24.3 Å². The number of amides is 3. The normalized spacial score (nSPS) is 13.5. The molecule has 0 radical (unpaired) electrons. The van der Waals surface area contributed by atoms with Crippen LogP contribution < -0.4 is 14.8 Å². The number of anilines is 1. The van der Waals surface area contributed by atoms with Gasteiger partial charge in [-0.3, -0.25) is 19.3 Å². The first kappa shape index (κ1) is 21.0. The fourth-order valence-corrected chi connectivity index (χ4v) is 3.72. The van der Waals surface area contributed by atoms with E-state index in [9.17, 15) is 14.4 Å². The summed E-state index contributed by atoms with van der Waals surface area (Å²) in [6.07, 6.45) is 1.41. The third-order valence-electron chi connectivity index (χ3n) is 5.24. The second kappa shape index (κ2) is 8.89. The topological polar surface area (TPSA) is 97.8 Å². The molecule has 2 aromatic carbocycles. The van der Waals surface area contributed by atoms with Gasteiger partial charge in [0.25, 0.3) is 11.8 Å². The number of imide groups is 1. The van der Waals surface area contributed by atoms with Crippen LogP contribution in [0.3, 0.4) is 0 Å². The van der Waals surface area contributed by atoms with Crippen LogP contribution in [0.15, 0.2) is 66.9 Å². The Morgan fingerprint density at radius 2 is 1.59 bits per heavy atom. The smallest absolute Gasteiger partial charge is 0.262 e. The van der Waals surface area contributed by atoms with Crippen LogP contribution in [0.1, 0.15) is 38.7 Å². The molecule has 0 saturated heterocycles. The monoisotopic (exact) mass is 431 g/mol. The third kappa shape index (κ3) is 3.90. The maximum Gasteiger partial charge on any atom is 0.262 e. The van der Waals surface area contributed by atoms with E-state index >= 15 is 0 Å². The molecule has 0 fully saturated rings. The Bertz CT molecular complexity index is 1140. The maximum absolute atomic E-state index is 13.1. The summed E-state index contributed by atoms with van der Waals surface area (Å²) in [7, 11) is 3.01. The molecule has 0 saturated carbocycles. The summed E-state index contributed by atoms with van der Waals surface area (Å²) in [5.41, 5.74) is 1.19. The van der Waals surface area contributed by atoms with Gasteiger partial charge in [-0.15, -0.1) is 0 Å². The average molecular weight is 431 g/mol. The van der Waals surface area contributed by atoms with Crippen molar-refractivity contribution in [2.45, 2.75) is 12.5 Å². The Balaban J connectivity index is 1.71. The maximum atomic E-state index is 13.1. The number of carbonyl (C=O) groups excluding carboxylic acids is 3. The first-order chi connectivity index (χ1) is 15.5. The van der Waals surface area contributed by atoms with Crippen molar-refractivity contribution in [3.8, 4) is 11.5 Å². The van der Waals surface area contributed by atoms with Crippen molar-refractivity contribution in [2.24, 2.45) is 0 Å². The van der Waals surface area contributed by atoms with Crippen molar-refractivity contribution in [3.63, 3.8) is 0 Å². The molecule has 1 aromatic heterocycles. The quantitative estimate of drug-likeness (QED) is 0.576. The van der Waals surface area contributed by atoms with Crippen molar-refractivity contribution < 1.29 is 23.9 Å². The molecule has 1 unspecified atom stereocenters. The fourth-order valence-electron chi connectivity index (χ4n) is 3.72. The van der Waals surface area contributed by atoms with Gasteiger partial charge in [-0.25, -0.2) is 4.98 Å². The zero-order valence-corrected chi connectivity index (χ0v) is 17.6. The van der Waals surface area contributed by atoms with Gasteiger partial charge in [0.2, 0.25) is 5.91 Å².